The monoisotopic (exact) mass is 354 g/mol. The summed E-state index contributed by atoms with van der Waals surface area (Å²) in [4.78, 5) is 0. The number of benzene rings is 2. The lowest BCUT2D eigenvalue weighted by molar-refractivity contribution is -0.142. The summed E-state index contributed by atoms with van der Waals surface area (Å²) >= 11 is 0. The van der Waals surface area contributed by atoms with Gasteiger partial charge in [-0.15, -0.1) is 0 Å². The van der Waals surface area contributed by atoms with Crippen LogP contribution in [0.25, 0.3) is 11.1 Å². The second-order valence-electron chi connectivity index (χ2n) is 6.89. The van der Waals surface area contributed by atoms with Crippen molar-refractivity contribution in [2.75, 3.05) is 0 Å². The molecule has 0 radical (unpaired) electrons. The third kappa shape index (κ3) is 3.86. The zero-order chi connectivity index (χ0) is 18.2. The van der Waals surface area contributed by atoms with E-state index in [0.717, 1.165) is 30.9 Å². The van der Waals surface area contributed by atoms with Crippen molar-refractivity contribution in [1.82, 2.24) is 0 Å². The van der Waals surface area contributed by atoms with Gasteiger partial charge in [0.15, 0.2) is 0 Å². The SMILES string of the molecule is CC1CCC(c2ccc(-c3cc(F)c(C(F)(F)F)c(F)c3)cc2)CC1. The molecule has 0 bridgehead atoms. The van der Waals surface area contributed by atoms with E-state index in [1.54, 1.807) is 12.1 Å². The molecule has 0 aromatic heterocycles. The second-order valence-corrected chi connectivity index (χ2v) is 6.89. The maximum atomic E-state index is 13.7. The first-order valence-electron chi connectivity index (χ1n) is 8.42. The summed E-state index contributed by atoms with van der Waals surface area (Å²) < 4.78 is 65.4. The smallest absolute Gasteiger partial charge is 0.206 e. The molecule has 0 nitrogen and oxygen atoms in total. The number of rotatable bonds is 2. The average molecular weight is 354 g/mol. The third-order valence-electron chi connectivity index (χ3n) is 5.06. The van der Waals surface area contributed by atoms with Crippen LogP contribution in [0, 0.1) is 17.6 Å². The van der Waals surface area contributed by atoms with Gasteiger partial charge in [-0.05, 0) is 53.5 Å². The molecule has 0 spiro atoms. The molecule has 1 aliphatic rings. The molecule has 3 rings (SSSR count). The highest BCUT2D eigenvalue weighted by Gasteiger charge is 2.38. The van der Waals surface area contributed by atoms with Gasteiger partial charge in [0.1, 0.15) is 17.2 Å². The average Bonchev–Trinajstić information content (AvgIpc) is 2.54. The van der Waals surface area contributed by atoms with Crippen LogP contribution in [-0.4, -0.2) is 0 Å². The van der Waals surface area contributed by atoms with E-state index >= 15 is 0 Å². The summed E-state index contributed by atoms with van der Waals surface area (Å²) in [5.74, 6) is -1.96. The largest absolute Gasteiger partial charge is 0.422 e. The van der Waals surface area contributed by atoms with Crippen molar-refractivity contribution in [3.05, 3.63) is 59.2 Å². The standard InChI is InChI=1S/C20H19F5/c1-12-2-4-13(5-3-12)14-6-8-15(9-7-14)16-10-17(21)19(18(22)11-16)20(23,24)25/h6-13H,2-5H2,1H3. The van der Waals surface area contributed by atoms with Crippen LogP contribution in [0.3, 0.4) is 0 Å². The van der Waals surface area contributed by atoms with Gasteiger partial charge in [0.05, 0.1) is 0 Å². The minimum atomic E-state index is -5.05. The Balaban J connectivity index is 1.85. The molecule has 0 amide bonds. The molecule has 0 N–H and O–H groups in total. The fraction of sp³-hybridized carbons (Fsp3) is 0.400. The number of halogens is 5. The van der Waals surface area contributed by atoms with Crippen LogP contribution in [0.1, 0.15) is 49.7 Å². The second kappa shape index (κ2) is 6.77. The zero-order valence-corrected chi connectivity index (χ0v) is 13.8. The molecular weight excluding hydrogens is 335 g/mol. The maximum absolute atomic E-state index is 13.7. The molecule has 1 fully saturated rings. The molecule has 1 saturated carbocycles. The lowest BCUT2D eigenvalue weighted by atomic mass is 9.79. The molecular formula is C20H19F5. The van der Waals surface area contributed by atoms with Gasteiger partial charge in [0.25, 0.3) is 0 Å². The molecule has 5 heteroatoms. The minimum Gasteiger partial charge on any atom is -0.206 e. The molecule has 0 heterocycles. The topological polar surface area (TPSA) is 0 Å². The molecule has 1 aliphatic carbocycles. The number of hydrogen-bond donors (Lipinski definition) is 0. The maximum Gasteiger partial charge on any atom is 0.422 e. The Hall–Kier alpha value is -1.91. The summed E-state index contributed by atoms with van der Waals surface area (Å²) in [7, 11) is 0. The fourth-order valence-corrected chi connectivity index (χ4v) is 3.55. The van der Waals surface area contributed by atoms with Gasteiger partial charge in [-0.3, -0.25) is 0 Å². The van der Waals surface area contributed by atoms with Crippen molar-refractivity contribution in [3.63, 3.8) is 0 Å². The van der Waals surface area contributed by atoms with Crippen molar-refractivity contribution in [2.45, 2.75) is 44.7 Å². The Morgan fingerprint density at radius 2 is 1.32 bits per heavy atom. The van der Waals surface area contributed by atoms with E-state index in [9.17, 15) is 22.0 Å². The van der Waals surface area contributed by atoms with Gasteiger partial charge in [-0.25, -0.2) is 8.78 Å². The third-order valence-corrected chi connectivity index (χ3v) is 5.06. The van der Waals surface area contributed by atoms with E-state index < -0.39 is 23.4 Å². The minimum absolute atomic E-state index is 0.104. The highest BCUT2D eigenvalue weighted by atomic mass is 19.4. The van der Waals surface area contributed by atoms with Crippen molar-refractivity contribution < 1.29 is 22.0 Å². The van der Waals surface area contributed by atoms with Gasteiger partial charge in [0.2, 0.25) is 0 Å². The molecule has 0 saturated heterocycles. The molecule has 134 valence electrons. The fourth-order valence-electron chi connectivity index (χ4n) is 3.55. The van der Waals surface area contributed by atoms with Gasteiger partial charge in [0, 0.05) is 0 Å². The van der Waals surface area contributed by atoms with Gasteiger partial charge in [-0.1, -0.05) is 44.0 Å². The van der Waals surface area contributed by atoms with E-state index in [2.05, 4.69) is 6.92 Å². The number of hydrogen-bond acceptors (Lipinski definition) is 0. The molecule has 0 aliphatic heterocycles. The Morgan fingerprint density at radius 3 is 1.80 bits per heavy atom. The first-order valence-corrected chi connectivity index (χ1v) is 8.42. The molecule has 0 atom stereocenters. The summed E-state index contributed by atoms with van der Waals surface area (Å²) in [5, 5.41) is 0. The predicted octanol–water partition coefficient (Wildman–Crippen LogP) is 6.94. The van der Waals surface area contributed by atoms with E-state index in [4.69, 9.17) is 0 Å². The molecule has 0 unspecified atom stereocenters. The summed E-state index contributed by atoms with van der Waals surface area (Å²) in [6, 6.07) is 8.73. The summed E-state index contributed by atoms with van der Waals surface area (Å²) in [6.45, 7) is 2.24. The van der Waals surface area contributed by atoms with Crippen LogP contribution in [0.15, 0.2) is 36.4 Å². The van der Waals surface area contributed by atoms with E-state index in [1.807, 2.05) is 12.1 Å². The normalized spacial score (nSPS) is 21.4. The van der Waals surface area contributed by atoms with E-state index in [1.165, 1.54) is 18.4 Å². The van der Waals surface area contributed by atoms with Crippen molar-refractivity contribution >= 4 is 0 Å². The lowest BCUT2D eigenvalue weighted by Gasteiger charge is -2.26. The molecule has 2 aromatic carbocycles. The zero-order valence-electron chi connectivity index (χ0n) is 13.8. The van der Waals surface area contributed by atoms with Crippen LogP contribution in [0.2, 0.25) is 0 Å². The van der Waals surface area contributed by atoms with Crippen LogP contribution < -0.4 is 0 Å². The van der Waals surface area contributed by atoms with E-state index in [0.29, 0.717) is 11.5 Å². The van der Waals surface area contributed by atoms with Crippen LogP contribution in [0.4, 0.5) is 22.0 Å². The first-order chi connectivity index (χ1) is 11.8. The Labute approximate surface area is 143 Å². The highest BCUT2D eigenvalue weighted by Crippen LogP contribution is 2.38. The van der Waals surface area contributed by atoms with Gasteiger partial charge in [-0.2, -0.15) is 13.2 Å². The Kier molecular flexibility index (Phi) is 4.85. The van der Waals surface area contributed by atoms with Gasteiger partial charge >= 0.3 is 6.18 Å². The Morgan fingerprint density at radius 1 is 0.800 bits per heavy atom. The highest BCUT2D eigenvalue weighted by molar-refractivity contribution is 5.64. The molecule has 25 heavy (non-hydrogen) atoms. The van der Waals surface area contributed by atoms with Crippen molar-refractivity contribution in [1.29, 1.82) is 0 Å². The number of alkyl halides is 3. The first kappa shape index (κ1) is 17.9. The predicted molar refractivity (Wildman–Crippen MR) is 87.2 cm³/mol. The summed E-state index contributed by atoms with van der Waals surface area (Å²) in [5.41, 5.74) is -0.0704. The lowest BCUT2D eigenvalue weighted by Crippen LogP contribution is -2.11. The summed E-state index contributed by atoms with van der Waals surface area (Å²) in [6.07, 6.45) is -0.452. The van der Waals surface area contributed by atoms with Crippen molar-refractivity contribution in [2.24, 2.45) is 5.92 Å². The van der Waals surface area contributed by atoms with Crippen LogP contribution >= 0.6 is 0 Å². The molecule has 2 aromatic rings. The van der Waals surface area contributed by atoms with Gasteiger partial charge < -0.3 is 0 Å². The van der Waals surface area contributed by atoms with Crippen LogP contribution in [-0.2, 0) is 6.18 Å². The van der Waals surface area contributed by atoms with Crippen molar-refractivity contribution in [3.8, 4) is 11.1 Å². The Bertz CT molecular complexity index is 715. The van der Waals surface area contributed by atoms with E-state index in [-0.39, 0.29) is 5.56 Å². The quantitative estimate of drug-likeness (QED) is 0.512. The van der Waals surface area contributed by atoms with Crippen LogP contribution in [0.5, 0.6) is 0 Å².